The second-order valence-electron chi connectivity index (χ2n) is 3.25. The second-order valence-corrected chi connectivity index (χ2v) is 3.25. The van der Waals surface area contributed by atoms with Gasteiger partial charge in [0.1, 0.15) is 0 Å². The first-order valence-electron chi connectivity index (χ1n) is 5.11. The van der Waals surface area contributed by atoms with Crippen molar-refractivity contribution >= 4 is 5.78 Å². The van der Waals surface area contributed by atoms with Crippen LogP contribution in [0.25, 0.3) is 0 Å². The van der Waals surface area contributed by atoms with E-state index in [2.05, 4.69) is 13.0 Å². The molecule has 0 amide bonds. The molecule has 0 unspecified atom stereocenters. The van der Waals surface area contributed by atoms with Crippen molar-refractivity contribution in [3.63, 3.8) is 0 Å². The predicted octanol–water partition coefficient (Wildman–Crippen LogP) is 3.66. The molecule has 0 aliphatic carbocycles. The fraction of sp³-hybridized carbons (Fsp3) is 0.583. The number of carbonyl (C=O) groups excluding carboxylic acids is 1. The van der Waals surface area contributed by atoms with E-state index in [0.717, 1.165) is 6.42 Å². The Labute approximate surface area is 81.5 Å². The van der Waals surface area contributed by atoms with E-state index in [9.17, 15) is 4.79 Å². The van der Waals surface area contributed by atoms with Gasteiger partial charge in [-0.3, -0.25) is 4.79 Å². The lowest BCUT2D eigenvalue weighted by atomic mass is 10.1. The first-order valence-corrected chi connectivity index (χ1v) is 5.11. The zero-order valence-corrected chi connectivity index (χ0v) is 8.75. The minimum atomic E-state index is 0.107. The summed E-state index contributed by atoms with van der Waals surface area (Å²) in [7, 11) is 0. The Kier molecular flexibility index (Phi) is 8.64. The molecule has 0 saturated carbocycles. The number of hydrogen-bond donors (Lipinski definition) is 0. The van der Waals surface area contributed by atoms with Crippen molar-refractivity contribution in [2.75, 3.05) is 0 Å². The predicted molar refractivity (Wildman–Crippen MR) is 57.7 cm³/mol. The highest BCUT2D eigenvalue weighted by atomic mass is 16.1. The monoisotopic (exact) mass is 180 g/mol. The van der Waals surface area contributed by atoms with Crippen molar-refractivity contribution in [2.45, 2.75) is 46.0 Å². The van der Waals surface area contributed by atoms with E-state index >= 15 is 0 Å². The largest absolute Gasteiger partial charge is 0.295 e. The van der Waals surface area contributed by atoms with E-state index in [0.29, 0.717) is 0 Å². The van der Waals surface area contributed by atoms with Crippen LogP contribution in [0.15, 0.2) is 24.3 Å². The molecule has 0 aromatic heterocycles. The van der Waals surface area contributed by atoms with Gasteiger partial charge in [0.25, 0.3) is 0 Å². The Bertz CT molecular complexity index is 178. The van der Waals surface area contributed by atoms with Crippen molar-refractivity contribution in [2.24, 2.45) is 0 Å². The summed E-state index contributed by atoms with van der Waals surface area (Å²) in [5.74, 6) is 0.107. The smallest absolute Gasteiger partial charge is 0.152 e. The van der Waals surface area contributed by atoms with Gasteiger partial charge < -0.3 is 0 Å². The van der Waals surface area contributed by atoms with Gasteiger partial charge >= 0.3 is 0 Å². The molecule has 0 bridgehead atoms. The Morgan fingerprint density at radius 2 is 1.92 bits per heavy atom. The number of ketones is 1. The van der Waals surface area contributed by atoms with E-state index in [1.54, 1.807) is 13.0 Å². The highest BCUT2D eigenvalue weighted by Crippen LogP contribution is 2.02. The second kappa shape index (κ2) is 9.24. The Morgan fingerprint density at radius 3 is 2.54 bits per heavy atom. The molecular weight excluding hydrogens is 160 g/mol. The maximum atomic E-state index is 10.5. The summed E-state index contributed by atoms with van der Waals surface area (Å²) in [6, 6.07) is 0. The average molecular weight is 180 g/mol. The van der Waals surface area contributed by atoms with E-state index in [-0.39, 0.29) is 5.78 Å². The molecule has 0 aliphatic heterocycles. The molecule has 0 aliphatic rings. The molecular formula is C12H20O. The van der Waals surface area contributed by atoms with Crippen LogP contribution in [0.1, 0.15) is 46.0 Å². The fourth-order valence-corrected chi connectivity index (χ4v) is 1.05. The van der Waals surface area contributed by atoms with Gasteiger partial charge in [-0.25, -0.2) is 0 Å². The summed E-state index contributed by atoms with van der Waals surface area (Å²) in [5.41, 5.74) is 0. The van der Waals surface area contributed by atoms with Crippen molar-refractivity contribution < 1.29 is 4.79 Å². The Balaban J connectivity index is 3.26. The van der Waals surface area contributed by atoms with E-state index in [1.807, 2.05) is 12.2 Å². The maximum Gasteiger partial charge on any atom is 0.152 e. The zero-order chi connectivity index (χ0) is 9.94. The minimum Gasteiger partial charge on any atom is -0.295 e. The van der Waals surface area contributed by atoms with Crippen LogP contribution in [0.2, 0.25) is 0 Å². The van der Waals surface area contributed by atoms with Crippen LogP contribution in [0.3, 0.4) is 0 Å². The van der Waals surface area contributed by atoms with Crippen molar-refractivity contribution in [3.05, 3.63) is 24.3 Å². The minimum absolute atomic E-state index is 0.107. The third-order valence-corrected chi connectivity index (χ3v) is 1.80. The quantitative estimate of drug-likeness (QED) is 0.332. The molecule has 0 spiro atoms. The zero-order valence-electron chi connectivity index (χ0n) is 8.75. The van der Waals surface area contributed by atoms with Crippen LogP contribution < -0.4 is 0 Å². The van der Waals surface area contributed by atoms with Gasteiger partial charge in [0.15, 0.2) is 5.78 Å². The number of allylic oxidation sites excluding steroid dienone is 4. The molecule has 0 fully saturated rings. The number of hydrogen-bond acceptors (Lipinski definition) is 1. The third-order valence-electron chi connectivity index (χ3n) is 1.80. The first-order chi connectivity index (χ1) is 6.27. The molecule has 0 heterocycles. The van der Waals surface area contributed by atoms with Crippen molar-refractivity contribution in [1.29, 1.82) is 0 Å². The molecule has 0 saturated heterocycles. The van der Waals surface area contributed by atoms with Gasteiger partial charge in [0.2, 0.25) is 0 Å². The van der Waals surface area contributed by atoms with E-state index in [4.69, 9.17) is 0 Å². The Morgan fingerprint density at radius 1 is 1.15 bits per heavy atom. The van der Waals surface area contributed by atoms with Gasteiger partial charge in [-0.2, -0.15) is 0 Å². The number of rotatable bonds is 7. The average Bonchev–Trinajstić information content (AvgIpc) is 2.09. The molecule has 0 N–H and O–H groups in total. The van der Waals surface area contributed by atoms with Gasteiger partial charge in [0, 0.05) is 0 Å². The standard InChI is InChI=1S/C12H20O/c1-3-4-5-6-7-8-9-10-11-12(2)13/h8-11H,3-7H2,1-2H3/b9-8+,11-10+. The first kappa shape index (κ1) is 12.2. The van der Waals surface area contributed by atoms with Gasteiger partial charge in [-0.15, -0.1) is 0 Å². The lowest BCUT2D eigenvalue weighted by Gasteiger charge is -1.92. The lowest BCUT2D eigenvalue weighted by Crippen LogP contribution is -1.77. The third kappa shape index (κ3) is 11.1. The van der Waals surface area contributed by atoms with Crippen LogP contribution in [0, 0.1) is 0 Å². The summed E-state index contributed by atoms with van der Waals surface area (Å²) < 4.78 is 0. The molecule has 0 aromatic rings. The van der Waals surface area contributed by atoms with Gasteiger partial charge in [-0.1, -0.05) is 44.4 Å². The highest BCUT2D eigenvalue weighted by Gasteiger charge is 1.83. The van der Waals surface area contributed by atoms with Crippen molar-refractivity contribution in [3.8, 4) is 0 Å². The van der Waals surface area contributed by atoms with Crippen LogP contribution >= 0.6 is 0 Å². The van der Waals surface area contributed by atoms with E-state index in [1.165, 1.54) is 25.7 Å². The summed E-state index contributed by atoms with van der Waals surface area (Å²) in [6.45, 7) is 3.77. The van der Waals surface area contributed by atoms with E-state index < -0.39 is 0 Å². The maximum absolute atomic E-state index is 10.5. The van der Waals surface area contributed by atoms with Gasteiger partial charge in [-0.05, 0) is 25.8 Å². The fourth-order valence-electron chi connectivity index (χ4n) is 1.05. The summed E-state index contributed by atoms with van der Waals surface area (Å²) in [4.78, 5) is 10.5. The summed E-state index contributed by atoms with van der Waals surface area (Å²) in [5, 5.41) is 0. The van der Waals surface area contributed by atoms with Crippen molar-refractivity contribution in [1.82, 2.24) is 0 Å². The topological polar surface area (TPSA) is 17.1 Å². The SMILES string of the molecule is CCCCCC/C=C/C=C/C(C)=O. The Hall–Kier alpha value is -0.850. The lowest BCUT2D eigenvalue weighted by molar-refractivity contribution is -0.112. The molecule has 1 nitrogen and oxygen atoms in total. The molecule has 74 valence electrons. The molecule has 0 aromatic carbocycles. The highest BCUT2D eigenvalue weighted by molar-refractivity contribution is 5.87. The van der Waals surface area contributed by atoms with Gasteiger partial charge in [0.05, 0.1) is 0 Å². The normalized spacial score (nSPS) is 11.5. The molecule has 1 heteroatoms. The van der Waals surface area contributed by atoms with Crippen LogP contribution in [-0.4, -0.2) is 5.78 Å². The van der Waals surface area contributed by atoms with Crippen LogP contribution in [-0.2, 0) is 4.79 Å². The summed E-state index contributed by atoms with van der Waals surface area (Å²) in [6.07, 6.45) is 13.8. The molecule has 0 atom stereocenters. The van der Waals surface area contributed by atoms with Crippen LogP contribution in [0.4, 0.5) is 0 Å². The molecule has 0 rings (SSSR count). The summed E-state index contributed by atoms with van der Waals surface area (Å²) >= 11 is 0. The number of unbranched alkanes of at least 4 members (excludes halogenated alkanes) is 4. The molecule has 13 heavy (non-hydrogen) atoms. The number of carbonyl (C=O) groups is 1. The van der Waals surface area contributed by atoms with Crippen LogP contribution in [0.5, 0.6) is 0 Å². The molecule has 0 radical (unpaired) electrons.